The van der Waals surface area contributed by atoms with Crippen LogP contribution in [-0.4, -0.2) is 10.1 Å². The largest absolute Gasteiger partial charge is 0.338 e. The van der Waals surface area contributed by atoms with Crippen molar-refractivity contribution in [3.8, 4) is 0 Å². The molecule has 0 radical (unpaired) electrons. The van der Waals surface area contributed by atoms with Crippen molar-refractivity contribution in [1.29, 1.82) is 0 Å². The Balaban J connectivity index is 2.20. The lowest BCUT2D eigenvalue weighted by Gasteiger charge is -1.81. The van der Waals surface area contributed by atoms with Crippen LogP contribution in [0.2, 0.25) is 0 Å². The van der Waals surface area contributed by atoms with Crippen molar-refractivity contribution in [2.75, 3.05) is 0 Å². The number of rotatable bonds is 1. The van der Waals surface area contributed by atoms with Crippen LogP contribution in [0.25, 0.3) is 0 Å². The molecule has 3 nitrogen and oxygen atoms in total. The fraction of sp³-hybridized carbons (Fsp3) is 0.667. The predicted octanol–water partition coefficient (Wildman–Crippen LogP) is 1.96. The number of hydrogen-bond acceptors (Lipinski definition) is 3. The minimum Gasteiger partial charge on any atom is -0.338 e. The molecule has 1 aromatic rings. The van der Waals surface area contributed by atoms with E-state index in [-0.39, 0.29) is 0 Å². The lowest BCUT2D eigenvalue weighted by atomic mass is 10.3. The normalized spacial score (nSPS) is 30.6. The van der Waals surface area contributed by atoms with Gasteiger partial charge in [0.15, 0.2) is 0 Å². The van der Waals surface area contributed by atoms with Crippen molar-refractivity contribution < 1.29 is 4.52 Å². The van der Waals surface area contributed by atoms with E-state index in [1.165, 1.54) is 6.42 Å². The summed E-state index contributed by atoms with van der Waals surface area (Å²) in [6.45, 7) is 2.18. The summed E-state index contributed by atoms with van der Waals surface area (Å²) in [7, 11) is 0. The second kappa shape index (κ2) is 2.05. The van der Waals surface area contributed by atoms with Crippen LogP contribution in [0, 0.1) is 5.92 Å². The second-order valence-electron chi connectivity index (χ2n) is 2.72. The zero-order chi connectivity index (χ0) is 7.14. The molecule has 0 saturated heterocycles. The van der Waals surface area contributed by atoms with Gasteiger partial charge in [-0.05, 0) is 33.4 Å². The highest BCUT2D eigenvalue weighted by atomic mass is 79.9. The first-order valence-electron chi connectivity index (χ1n) is 3.26. The molecule has 1 fully saturated rings. The van der Waals surface area contributed by atoms with Gasteiger partial charge in [-0.1, -0.05) is 6.92 Å². The van der Waals surface area contributed by atoms with Gasteiger partial charge in [0, 0.05) is 5.92 Å². The maximum atomic E-state index is 4.95. The molecular weight excluding hydrogens is 196 g/mol. The summed E-state index contributed by atoms with van der Waals surface area (Å²) in [6.07, 6.45) is 1.19. The van der Waals surface area contributed by atoms with Crippen LogP contribution in [0.4, 0.5) is 0 Å². The molecular formula is C6H7BrN2O. The van der Waals surface area contributed by atoms with Gasteiger partial charge in [-0.3, -0.25) is 0 Å². The predicted molar refractivity (Wildman–Crippen MR) is 38.5 cm³/mol. The highest BCUT2D eigenvalue weighted by Crippen LogP contribution is 2.46. The molecule has 4 heteroatoms. The van der Waals surface area contributed by atoms with Gasteiger partial charge >= 0.3 is 0 Å². The Morgan fingerprint density at radius 3 is 2.80 bits per heavy atom. The Kier molecular flexibility index (Phi) is 1.30. The topological polar surface area (TPSA) is 38.9 Å². The van der Waals surface area contributed by atoms with Gasteiger partial charge in [-0.25, -0.2) is 0 Å². The molecule has 1 aliphatic carbocycles. The molecule has 10 heavy (non-hydrogen) atoms. The lowest BCUT2D eigenvalue weighted by molar-refractivity contribution is 0.373. The fourth-order valence-corrected chi connectivity index (χ4v) is 1.28. The van der Waals surface area contributed by atoms with Crippen LogP contribution in [0.1, 0.15) is 25.2 Å². The van der Waals surface area contributed by atoms with E-state index in [9.17, 15) is 0 Å². The first kappa shape index (κ1) is 6.34. The van der Waals surface area contributed by atoms with Crippen molar-refractivity contribution >= 4 is 15.9 Å². The highest BCUT2D eigenvalue weighted by Gasteiger charge is 2.38. The number of halogens is 1. The third kappa shape index (κ3) is 0.963. The molecule has 0 N–H and O–H groups in total. The summed E-state index contributed by atoms with van der Waals surface area (Å²) in [5.74, 6) is 2.03. The molecule has 0 aliphatic heterocycles. The van der Waals surface area contributed by atoms with E-state index in [4.69, 9.17) is 4.52 Å². The standard InChI is InChI=1S/C6H7BrN2O/c1-3-2-4(3)5-8-6(7)9-10-5/h3-4H,2H2,1H3. The smallest absolute Gasteiger partial charge is 0.238 e. The first-order chi connectivity index (χ1) is 4.77. The van der Waals surface area contributed by atoms with Crippen LogP contribution in [-0.2, 0) is 0 Å². The zero-order valence-corrected chi connectivity index (χ0v) is 7.13. The molecule has 0 amide bonds. The Bertz CT molecular complexity index is 248. The van der Waals surface area contributed by atoms with Crippen molar-refractivity contribution in [1.82, 2.24) is 10.1 Å². The monoisotopic (exact) mass is 202 g/mol. The number of aromatic nitrogens is 2. The van der Waals surface area contributed by atoms with E-state index in [0.29, 0.717) is 10.7 Å². The SMILES string of the molecule is CC1CC1c1nc(Br)no1. The van der Waals surface area contributed by atoms with Crippen molar-refractivity contribution in [2.24, 2.45) is 5.92 Å². The van der Waals surface area contributed by atoms with Gasteiger partial charge in [0.1, 0.15) is 0 Å². The minimum atomic E-state index is 0.527. The van der Waals surface area contributed by atoms with Gasteiger partial charge in [0.25, 0.3) is 0 Å². The quantitative estimate of drug-likeness (QED) is 0.700. The van der Waals surface area contributed by atoms with E-state index in [0.717, 1.165) is 11.8 Å². The fourth-order valence-electron chi connectivity index (χ4n) is 1.03. The molecule has 1 saturated carbocycles. The zero-order valence-electron chi connectivity index (χ0n) is 5.54. The summed E-state index contributed by atoms with van der Waals surface area (Å²) in [5.41, 5.74) is 0. The molecule has 0 aromatic carbocycles. The van der Waals surface area contributed by atoms with Gasteiger partial charge in [-0.15, -0.1) is 0 Å². The average molecular weight is 203 g/mol. The third-order valence-electron chi connectivity index (χ3n) is 1.84. The Morgan fingerprint density at radius 1 is 1.70 bits per heavy atom. The van der Waals surface area contributed by atoms with E-state index >= 15 is 0 Å². The maximum Gasteiger partial charge on any atom is 0.238 e. The van der Waals surface area contributed by atoms with Gasteiger partial charge in [-0.2, -0.15) is 4.98 Å². The van der Waals surface area contributed by atoms with Crippen molar-refractivity contribution in [3.63, 3.8) is 0 Å². The summed E-state index contributed by atoms with van der Waals surface area (Å²) in [5, 5.41) is 3.64. The summed E-state index contributed by atoms with van der Waals surface area (Å²) in [4.78, 5) is 4.06. The van der Waals surface area contributed by atoms with E-state index in [2.05, 4.69) is 33.0 Å². The lowest BCUT2D eigenvalue weighted by Crippen LogP contribution is -1.78. The molecule has 0 bridgehead atoms. The molecule has 1 heterocycles. The third-order valence-corrected chi connectivity index (χ3v) is 2.17. The van der Waals surface area contributed by atoms with Crippen LogP contribution >= 0.6 is 15.9 Å². The number of hydrogen-bond donors (Lipinski definition) is 0. The van der Waals surface area contributed by atoms with Crippen LogP contribution in [0.5, 0.6) is 0 Å². The second-order valence-corrected chi connectivity index (χ2v) is 3.43. The number of nitrogens with zero attached hydrogens (tertiary/aromatic N) is 2. The minimum absolute atomic E-state index is 0.527. The highest BCUT2D eigenvalue weighted by molar-refractivity contribution is 9.10. The Labute approximate surface area is 66.9 Å². The molecule has 2 unspecified atom stereocenters. The van der Waals surface area contributed by atoms with E-state index < -0.39 is 0 Å². The van der Waals surface area contributed by atoms with E-state index in [1.54, 1.807) is 0 Å². The maximum absolute atomic E-state index is 4.95. The molecule has 0 spiro atoms. The van der Waals surface area contributed by atoms with Crippen molar-refractivity contribution in [3.05, 3.63) is 10.6 Å². The van der Waals surface area contributed by atoms with E-state index in [1.807, 2.05) is 0 Å². The Hall–Kier alpha value is -0.380. The molecule has 1 aromatic heterocycles. The summed E-state index contributed by atoms with van der Waals surface area (Å²) < 4.78 is 5.51. The first-order valence-corrected chi connectivity index (χ1v) is 4.06. The summed E-state index contributed by atoms with van der Waals surface area (Å²) >= 11 is 3.13. The van der Waals surface area contributed by atoms with Gasteiger partial charge in [0.05, 0.1) is 0 Å². The summed E-state index contributed by atoms with van der Waals surface area (Å²) in [6, 6.07) is 0. The molecule has 2 rings (SSSR count). The average Bonchev–Trinajstić information content (AvgIpc) is 2.42. The van der Waals surface area contributed by atoms with Gasteiger partial charge < -0.3 is 4.52 Å². The van der Waals surface area contributed by atoms with Crippen LogP contribution in [0.3, 0.4) is 0 Å². The van der Waals surface area contributed by atoms with Gasteiger partial charge in [0.2, 0.25) is 10.6 Å². The van der Waals surface area contributed by atoms with Crippen molar-refractivity contribution in [2.45, 2.75) is 19.3 Å². The molecule has 2 atom stereocenters. The van der Waals surface area contributed by atoms with Crippen LogP contribution < -0.4 is 0 Å². The molecule has 54 valence electrons. The Morgan fingerprint density at radius 2 is 2.40 bits per heavy atom. The molecule has 1 aliphatic rings. The van der Waals surface area contributed by atoms with Crippen LogP contribution in [0.15, 0.2) is 9.26 Å².